The standard InChI is InChI=1S/C19H26N4O2/c1-15-5-7-17(8-6-15)25-13-16-4-3-11-23(12-16)19(24)10-9-18-21-20-14-22(18)2/h5-8,14,16H,3-4,9-13H2,1-2H3/t16-/m0/s1. The number of benzene rings is 1. The van der Waals surface area contributed by atoms with Crippen LogP contribution >= 0.6 is 0 Å². The molecule has 1 atom stereocenters. The van der Waals surface area contributed by atoms with Crippen molar-refractivity contribution in [1.29, 1.82) is 0 Å². The number of hydrogen-bond acceptors (Lipinski definition) is 4. The van der Waals surface area contributed by atoms with Crippen LogP contribution in [0, 0.1) is 12.8 Å². The highest BCUT2D eigenvalue weighted by molar-refractivity contribution is 5.76. The van der Waals surface area contributed by atoms with Crippen LogP contribution in [0.5, 0.6) is 5.75 Å². The van der Waals surface area contributed by atoms with Crippen LogP contribution in [-0.4, -0.2) is 45.3 Å². The third-order valence-electron chi connectivity index (χ3n) is 4.75. The number of amides is 1. The molecule has 2 aromatic rings. The number of ether oxygens (including phenoxy) is 1. The first-order chi connectivity index (χ1) is 12.1. The lowest BCUT2D eigenvalue weighted by molar-refractivity contribution is -0.133. The van der Waals surface area contributed by atoms with Gasteiger partial charge in [0.2, 0.25) is 5.91 Å². The van der Waals surface area contributed by atoms with Crippen molar-refractivity contribution in [1.82, 2.24) is 19.7 Å². The molecule has 25 heavy (non-hydrogen) atoms. The normalized spacial score (nSPS) is 17.5. The fourth-order valence-electron chi connectivity index (χ4n) is 3.19. The minimum atomic E-state index is 0.197. The number of carbonyl (C=O) groups excluding carboxylic acids is 1. The van der Waals surface area contributed by atoms with Crippen LogP contribution in [0.3, 0.4) is 0 Å². The number of hydrogen-bond donors (Lipinski definition) is 0. The summed E-state index contributed by atoms with van der Waals surface area (Å²) >= 11 is 0. The molecule has 1 aliphatic heterocycles. The van der Waals surface area contributed by atoms with Gasteiger partial charge < -0.3 is 14.2 Å². The van der Waals surface area contributed by atoms with Crippen molar-refractivity contribution in [3.8, 4) is 5.75 Å². The van der Waals surface area contributed by atoms with Crippen LogP contribution in [0.2, 0.25) is 0 Å². The molecule has 6 heteroatoms. The first-order valence-corrected chi connectivity index (χ1v) is 8.92. The maximum Gasteiger partial charge on any atom is 0.223 e. The Bertz CT molecular complexity index is 696. The summed E-state index contributed by atoms with van der Waals surface area (Å²) in [6, 6.07) is 8.11. The molecule has 1 saturated heterocycles. The molecule has 134 valence electrons. The van der Waals surface area contributed by atoms with Crippen LogP contribution in [0.4, 0.5) is 0 Å². The number of aromatic nitrogens is 3. The number of rotatable bonds is 6. The van der Waals surface area contributed by atoms with E-state index in [9.17, 15) is 4.79 Å². The molecule has 1 aromatic carbocycles. The van der Waals surface area contributed by atoms with Crippen molar-refractivity contribution in [2.24, 2.45) is 13.0 Å². The molecule has 0 aliphatic carbocycles. The van der Waals surface area contributed by atoms with Crippen molar-refractivity contribution < 1.29 is 9.53 Å². The average molecular weight is 342 g/mol. The van der Waals surface area contributed by atoms with E-state index in [1.165, 1.54) is 5.56 Å². The first kappa shape index (κ1) is 17.5. The summed E-state index contributed by atoms with van der Waals surface area (Å²) in [4.78, 5) is 14.5. The Hall–Kier alpha value is -2.37. The fourth-order valence-corrected chi connectivity index (χ4v) is 3.19. The fraction of sp³-hybridized carbons (Fsp3) is 0.526. The van der Waals surface area contributed by atoms with E-state index < -0.39 is 0 Å². The topological polar surface area (TPSA) is 60.2 Å². The highest BCUT2D eigenvalue weighted by Gasteiger charge is 2.24. The Morgan fingerprint density at radius 3 is 2.84 bits per heavy atom. The van der Waals surface area contributed by atoms with Crippen molar-refractivity contribution in [2.75, 3.05) is 19.7 Å². The van der Waals surface area contributed by atoms with Gasteiger partial charge in [0.05, 0.1) is 6.61 Å². The van der Waals surface area contributed by atoms with Crippen LogP contribution in [0.25, 0.3) is 0 Å². The summed E-state index contributed by atoms with van der Waals surface area (Å²) in [5, 5.41) is 7.89. The summed E-state index contributed by atoms with van der Waals surface area (Å²) in [7, 11) is 1.90. The molecule has 3 rings (SSSR count). The Morgan fingerprint density at radius 1 is 1.32 bits per heavy atom. The summed E-state index contributed by atoms with van der Waals surface area (Å²) in [6.45, 7) is 4.35. The van der Waals surface area contributed by atoms with Crippen molar-refractivity contribution in [2.45, 2.75) is 32.6 Å². The van der Waals surface area contributed by atoms with Crippen LogP contribution in [0.15, 0.2) is 30.6 Å². The molecule has 6 nitrogen and oxygen atoms in total. The van der Waals surface area contributed by atoms with Crippen LogP contribution in [0.1, 0.15) is 30.7 Å². The van der Waals surface area contributed by atoms with E-state index in [1.54, 1.807) is 6.33 Å². The van der Waals surface area contributed by atoms with Gasteiger partial charge in [0.15, 0.2) is 0 Å². The molecule has 1 aliphatic rings. The molecule has 0 saturated carbocycles. The number of aryl methyl sites for hydroxylation is 3. The Kier molecular flexibility index (Phi) is 5.68. The van der Waals surface area contributed by atoms with E-state index in [-0.39, 0.29) is 5.91 Å². The third kappa shape index (κ3) is 4.81. The van der Waals surface area contributed by atoms with Gasteiger partial charge in [0, 0.05) is 38.9 Å². The second kappa shape index (κ2) is 8.14. The van der Waals surface area contributed by atoms with E-state index >= 15 is 0 Å². The molecule has 0 bridgehead atoms. The monoisotopic (exact) mass is 342 g/mol. The zero-order chi connectivity index (χ0) is 17.6. The summed E-state index contributed by atoms with van der Waals surface area (Å²) in [6.07, 6.45) is 4.93. The van der Waals surface area contributed by atoms with Crippen molar-refractivity contribution in [3.63, 3.8) is 0 Å². The van der Waals surface area contributed by atoms with E-state index in [1.807, 2.05) is 28.6 Å². The Balaban J connectivity index is 1.46. The zero-order valence-corrected chi connectivity index (χ0v) is 15.0. The molecule has 0 N–H and O–H groups in total. The molecule has 0 spiro atoms. The highest BCUT2D eigenvalue weighted by Crippen LogP contribution is 2.20. The lowest BCUT2D eigenvalue weighted by Crippen LogP contribution is -2.41. The predicted molar refractivity (Wildman–Crippen MR) is 95.3 cm³/mol. The van der Waals surface area contributed by atoms with Crippen LogP contribution < -0.4 is 4.74 Å². The molecule has 1 aromatic heterocycles. The smallest absolute Gasteiger partial charge is 0.223 e. The number of nitrogens with zero attached hydrogens (tertiary/aromatic N) is 4. The zero-order valence-electron chi connectivity index (χ0n) is 15.0. The number of carbonyl (C=O) groups is 1. The highest BCUT2D eigenvalue weighted by atomic mass is 16.5. The summed E-state index contributed by atoms with van der Waals surface area (Å²) in [5.41, 5.74) is 1.23. The SMILES string of the molecule is Cc1ccc(OC[C@H]2CCCN(C(=O)CCc3nncn3C)C2)cc1. The number of likely N-dealkylation sites (tertiary alicyclic amines) is 1. The van der Waals surface area contributed by atoms with Gasteiger partial charge in [-0.25, -0.2) is 0 Å². The van der Waals surface area contributed by atoms with Gasteiger partial charge in [-0.05, 0) is 31.9 Å². The Labute approximate surface area is 148 Å². The summed E-state index contributed by atoms with van der Waals surface area (Å²) < 4.78 is 7.77. The third-order valence-corrected chi connectivity index (χ3v) is 4.75. The van der Waals surface area contributed by atoms with Crippen molar-refractivity contribution in [3.05, 3.63) is 42.0 Å². The van der Waals surface area contributed by atoms with E-state index in [0.717, 1.165) is 37.5 Å². The first-order valence-electron chi connectivity index (χ1n) is 8.92. The average Bonchev–Trinajstić information content (AvgIpc) is 3.04. The van der Waals surface area contributed by atoms with Gasteiger partial charge in [0.25, 0.3) is 0 Å². The van der Waals surface area contributed by atoms with E-state index in [0.29, 0.717) is 25.4 Å². The van der Waals surface area contributed by atoms with Gasteiger partial charge in [-0.3, -0.25) is 4.79 Å². The molecule has 1 amide bonds. The largest absolute Gasteiger partial charge is 0.493 e. The van der Waals surface area contributed by atoms with E-state index in [4.69, 9.17) is 4.74 Å². The lowest BCUT2D eigenvalue weighted by Gasteiger charge is -2.32. The maximum absolute atomic E-state index is 12.5. The molecular weight excluding hydrogens is 316 g/mol. The quantitative estimate of drug-likeness (QED) is 0.809. The Morgan fingerprint density at radius 2 is 2.12 bits per heavy atom. The van der Waals surface area contributed by atoms with Crippen molar-refractivity contribution >= 4 is 5.91 Å². The molecule has 0 radical (unpaired) electrons. The van der Waals surface area contributed by atoms with Gasteiger partial charge in [-0.1, -0.05) is 17.7 Å². The molecule has 1 fully saturated rings. The second-order valence-electron chi connectivity index (χ2n) is 6.83. The summed E-state index contributed by atoms with van der Waals surface area (Å²) in [5.74, 6) is 2.35. The van der Waals surface area contributed by atoms with Gasteiger partial charge in [-0.15, -0.1) is 10.2 Å². The lowest BCUT2D eigenvalue weighted by atomic mass is 9.98. The van der Waals surface area contributed by atoms with Gasteiger partial charge in [0.1, 0.15) is 17.9 Å². The maximum atomic E-state index is 12.5. The molecular formula is C19H26N4O2. The minimum absolute atomic E-state index is 0.197. The predicted octanol–water partition coefficient (Wildman–Crippen LogP) is 2.37. The van der Waals surface area contributed by atoms with Crippen LogP contribution in [-0.2, 0) is 18.3 Å². The minimum Gasteiger partial charge on any atom is -0.493 e. The van der Waals surface area contributed by atoms with Gasteiger partial charge in [-0.2, -0.15) is 0 Å². The van der Waals surface area contributed by atoms with E-state index in [2.05, 4.69) is 29.3 Å². The molecule has 0 unspecified atom stereocenters. The second-order valence-corrected chi connectivity index (χ2v) is 6.83. The number of piperidine rings is 1. The molecule has 2 heterocycles. The van der Waals surface area contributed by atoms with Gasteiger partial charge >= 0.3 is 0 Å².